The second kappa shape index (κ2) is 6.11. The van der Waals surface area contributed by atoms with Crippen molar-refractivity contribution >= 4 is 17.5 Å². The SMILES string of the molecule is CCOC(=O)c1ccnc(N2[C@H](C)CCC[C@@H]2C)c1N. The molecule has 1 aliphatic heterocycles. The number of nitrogen functional groups attached to an aromatic ring is 1. The van der Waals surface area contributed by atoms with Crippen molar-refractivity contribution in [1.29, 1.82) is 0 Å². The number of carbonyl (C=O) groups is 1. The maximum Gasteiger partial charge on any atom is 0.340 e. The van der Waals surface area contributed by atoms with E-state index in [2.05, 4.69) is 23.7 Å². The topological polar surface area (TPSA) is 68.5 Å². The van der Waals surface area contributed by atoms with E-state index in [0.717, 1.165) is 12.8 Å². The van der Waals surface area contributed by atoms with Crippen LogP contribution in [0.15, 0.2) is 12.3 Å². The normalized spacial score (nSPS) is 22.6. The number of hydrogen-bond acceptors (Lipinski definition) is 5. The highest BCUT2D eigenvalue weighted by atomic mass is 16.5. The second-order valence-corrected chi connectivity index (χ2v) is 5.35. The number of pyridine rings is 1. The van der Waals surface area contributed by atoms with Gasteiger partial charge in [0.1, 0.15) is 0 Å². The molecule has 110 valence electrons. The molecule has 1 fully saturated rings. The summed E-state index contributed by atoms with van der Waals surface area (Å²) in [6.45, 7) is 6.47. The summed E-state index contributed by atoms with van der Waals surface area (Å²) in [4.78, 5) is 18.5. The van der Waals surface area contributed by atoms with Crippen molar-refractivity contribution in [1.82, 2.24) is 4.98 Å². The predicted molar refractivity (Wildman–Crippen MR) is 79.9 cm³/mol. The van der Waals surface area contributed by atoms with Gasteiger partial charge >= 0.3 is 5.97 Å². The van der Waals surface area contributed by atoms with Gasteiger partial charge in [-0.1, -0.05) is 0 Å². The van der Waals surface area contributed by atoms with Crippen LogP contribution < -0.4 is 10.6 Å². The van der Waals surface area contributed by atoms with E-state index in [4.69, 9.17) is 10.5 Å². The fourth-order valence-corrected chi connectivity index (χ4v) is 2.89. The van der Waals surface area contributed by atoms with Crippen molar-refractivity contribution in [2.24, 2.45) is 0 Å². The number of nitrogens with zero attached hydrogens (tertiary/aromatic N) is 2. The third-order valence-corrected chi connectivity index (χ3v) is 3.90. The monoisotopic (exact) mass is 277 g/mol. The highest BCUT2D eigenvalue weighted by Crippen LogP contribution is 2.33. The summed E-state index contributed by atoms with van der Waals surface area (Å²) in [5.74, 6) is 0.321. The number of anilines is 2. The minimum absolute atomic E-state index is 0.340. The lowest BCUT2D eigenvalue weighted by molar-refractivity contribution is 0.0527. The van der Waals surface area contributed by atoms with Crippen molar-refractivity contribution in [3.05, 3.63) is 17.8 Å². The largest absolute Gasteiger partial charge is 0.462 e. The summed E-state index contributed by atoms with van der Waals surface area (Å²) in [5.41, 5.74) is 6.99. The van der Waals surface area contributed by atoms with Crippen LogP contribution in [0.2, 0.25) is 0 Å². The number of rotatable bonds is 3. The van der Waals surface area contributed by atoms with Crippen molar-refractivity contribution < 1.29 is 9.53 Å². The number of nitrogens with two attached hydrogens (primary N) is 1. The molecule has 0 unspecified atom stereocenters. The van der Waals surface area contributed by atoms with Crippen LogP contribution in [-0.4, -0.2) is 29.6 Å². The number of carbonyl (C=O) groups excluding carboxylic acids is 1. The highest BCUT2D eigenvalue weighted by molar-refractivity contribution is 5.97. The first kappa shape index (κ1) is 14.6. The van der Waals surface area contributed by atoms with Crippen LogP contribution >= 0.6 is 0 Å². The molecule has 2 N–H and O–H groups in total. The van der Waals surface area contributed by atoms with E-state index in [-0.39, 0.29) is 5.97 Å². The van der Waals surface area contributed by atoms with Gasteiger partial charge in [-0.05, 0) is 46.1 Å². The van der Waals surface area contributed by atoms with Crippen LogP contribution in [-0.2, 0) is 4.74 Å². The average molecular weight is 277 g/mol. The summed E-state index contributed by atoms with van der Waals surface area (Å²) in [7, 11) is 0. The van der Waals surface area contributed by atoms with Gasteiger partial charge in [-0.2, -0.15) is 0 Å². The Morgan fingerprint density at radius 1 is 1.45 bits per heavy atom. The molecule has 5 nitrogen and oxygen atoms in total. The first-order valence-electron chi connectivity index (χ1n) is 7.26. The van der Waals surface area contributed by atoms with Crippen molar-refractivity contribution in [2.75, 3.05) is 17.2 Å². The molecular weight excluding hydrogens is 254 g/mol. The van der Waals surface area contributed by atoms with E-state index < -0.39 is 0 Å². The van der Waals surface area contributed by atoms with Gasteiger partial charge in [-0.15, -0.1) is 0 Å². The Kier molecular flexibility index (Phi) is 4.47. The summed E-state index contributed by atoms with van der Waals surface area (Å²) >= 11 is 0. The number of ether oxygens (including phenoxy) is 1. The molecule has 2 heterocycles. The lowest BCUT2D eigenvalue weighted by Crippen LogP contribution is -2.44. The molecule has 0 saturated carbocycles. The minimum Gasteiger partial charge on any atom is -0.462 e. The lowest BCUT2D eigenvalue weighted by Gasteiger charge is -2.40. The van der Waals surface area contributed by atoms with Crippen molar-refractivity contribution in [3.63, 3.8) is 0 Å². The molecule has 1 aromatic rings. The third kappa shape index (κ3) is 2.71. The quantitative estimate of drug-likeness (QED) is 0.860. The van der Waals surface area contributed by atoms with Crippen LogP contribution in [0.5, 0.6) is 0 Å². The molecule has 0 bridgehead atoms. The van der Waals surface area contributed by atoms with Gasteiger partial charge in [-0.3, -0.25) is 0 Å². The third-order valence-electron chi connectivity index (χ3n) is 3.90. The van der Waals surface area contributed by atoms with E-state index >= 15 is 0 Å². The first-order valence-corrected chi connectivity index (χ1v) is 7.26. The Labute approximate surface area is 120 Å². The Hall–Kier alpha value is -1.78. The summed E-state index contributed by atoms with van der Waals surface area (Å²) in [5, 5.41) is 0. The van der Waals surface area contributed by atoms with Crippen molar-refractivity contribution in [3.8, 4) is 0 Å². The van der Waals surface area contributed by atoms with E-state index in [9.17, 15) is 4.79 Å². The fourth-order valence-electron chi connectivity index (χ4n) is 2.89. The van der Waals surface area contributed by atoms with E-state index in [0.29, 0.717) is 35.8 Å². The molecular formula is C15H23N3O2. The number of piperidine rings is 1. The molecule has 0 aliphatic carbocycles. The number of esters is 1. The molecule has 1 saturated heterocycles. The fraction of sp³-hybridized carbons (Fsp3) is 0.600. The van der Waals surface area contributed by atoms with Gasteiger partial charge in [0.15, 0.2) is 5.82 Å². The van der Waals surface area contributed by atoms with Gasteiger partial charge in [0.25, 0.3) is 0 Å². The summed E-state index contributed by atoms with van der Waals surface area (Å²) in [6, 6.07) is 2.38. The molecule has 0 spiro atoms. The van der Waals surface area contributed by atoms with Gasteiger partial charge in [0, 0.05) is 18.3 Å². The zero-order chi connectivity index (χ0) is 14.7. The molecule has 1 aromatic heterocycles. The molecule has 0 aromatic carbocycles. The minimum atomic E-state index is -0.383. The van der Waals surface area contributed by atoms with Crippen LogP contribution in [0.1, 0.15) is 50.4 Å². The molecule has 5 heteroatoms. The number of aromatic nitrogens is 1. The van der Waals surface area contributed by atoms with Gasteiger partial charge in [-0.25, -0.2) is 9.78 Å². The summed E-state index contributed by atoms with van der Waals surface area (Å²) < 4.78 is 5.04. The van der Waals surface area contributed by atoms with E-state index in [1.165, 1.54) is 6.42 Å². The predicted octanol–water partition coefficient (Wildman–Crippen LogP) is 2.61. The van der Waals surface area contributed by atoms with Crippen LogP contribution in [0, 0.1) is 0 Å². The second-order valence-electron chi connectivity index (χ2n) is 5.35. The van der Waals surface area contributed by atoms with Crippen LogP contribution in [0.25, 0.3) is 0 Å². The highest BCUT2D eigenvalue weighted by Gasteiger charge is 2.28. The summed E-state index contributed by atoms with van der Waals surface area (Å²) in [6.07, 6.45) is 5.09. The van der Waals surface area contributed by atoms with E-state index in [1.54, 1.807) is 19.2 Å². The molecule has 0 amide bonds. The Balaban J connectivity index is 2.37. The Bertz CT molecular complexity index is 480. The Morgan fingerprint density at radius 3 is 2.70 bits per heavy atom. The molecule has 20 heavy (non-hydrogen) atoms. The lowest BCUT2D eigenvalue weighted by atomic mass is 9.97. The smallest absolute Gasteiger partial charge is 0.340 e. The zero-order valence-corrected chi connectivity index (χ0v) is 12.4. The molecule has 2 atom stereocenters. The molecule has 1 aliphatic rings. The van der Waals surface area contributed by atoms with Crippen molar-refractivity contribution in [2.45, 2.75) is 52.1 Å². The van der Waals surface area contributed by atoms with Gasteiger partial charge in [0.05, 0.1) is 17.9 Å². The zero-order valence-electron chi connectivity index (χ0n) is 12.4. The van der Waals surface area contributed by atoms with Gasteiger partial charge < -0.3 is 15.4 Å². The molecule has 0 radical (unpaired) electrons. The maximum absolute atomic E-state index is 11.9. The van der Waals surface area contributed by atoms with Crippen LogP contribution in [0.3, 0.4) is 0 Å². The first-order chi connectivity index (χ1) is 9.56. The van der Waals surface area contributed by atoms with Crippen LogP contribution in [0.4, 0.5) is 11.5 Å². The standard InChI is InChI=1S/C15H23N3O2/c1-4-20-15(19)12-8-9-17-14(13(12)16)18-10(2)6-5-7-11(18)3/h8-11H,4-7,16H2,1-3H3/t10-,11+. The number of hydrogen-bond donors (Lipinski definition) is 1. The average Bonchev–Trinajstić information content (AvgIpc) is 2.40. The van der Waals surface area contributed by atoms with Gasteiger partial charge in [0.2, 0.25) is 0 Å². The van der Waals surface area contributed by atoms with E-state index in [1.807, 2.05) is 0 Å². The Morgan fingerprint density at radius 2 is 2.10 bits per heavy atom. The maximum atomic E-state index is 11.9. The molecule has 2 rings (SSSR count).